The van der Waals surface area contributed by atoms with Crippen LogP contribution >= 0.6 is 22.6 Å². The molecule has 1 aliphatic rings. The van der Waals surface area contributed by atoms with E-state index in [9.17, 15) is 19.8 Å². The van der Waals surface area contributed by atoms with E-state index in [1.54, 1.807) is 44.2 Å². The predicted octanol–water partition coefficient (Wildman–Crippen LogP) is 2.92. The van der Waals surface area contributed by atoms with Crippen molar-refractivity contribution in [3.8, 4) is 23.0 Å². The number of aliphatic hydroxyl groups excluding tert-OH is 1. The Bertz CT molecular complexity index is 1270. The number of aliphatic hydroxyl groups is 1. The number of esters is 1. The van der Waals surface area contributed by atoms with E-state index in [1.165, 1.54) is 13.3 Å². The van der Waals surface area contributed by atoms with E-state index in [0.29, 0.717) is 50.9 Å². The molecule has 3 rings (SSSR count). The summed E-state index contributed by atoms with van der Waals surface area (Å²) in [5.74, 6) is 0.537. The molecule has 2 atom stereocenters. The molecule has 0 saturated heterocycles. The molecule has 2 aromatic carbocycles. The van der Waals surface area contributed by atoms with Gasteiger partial charge >= 0.3 is 12.0 Å². The van der Waals surface area contributed by atoms with E-state index in [1.807, 2.05) is 29.5 Å². The van der Waals surface area contributed by atoms with Crippen molar-refractivity contribution in [3.05, 3.63) is 56.3 Å². The second-order valence-electron chi connectivity index (χ2n) is 8.20. The van der Waals surface area contributed by atoms with Gasteiger partial charge in [-0.1, -0.05) is 6.07 Å². The lowest BCUT2D eigenvalue weighted by atomic mass is 9.95. The van der Waals surface area contributed by atoms with Gasteiger partial charge in [-0.15, -0.1) is 0 Å². The zero-order valence-electron chi connectivity index (χ0n) is 21.9. The summed E-state index contributed by atoms with van der Waals surface area (Å²) in [7, 11) is 1.27. The van der Waals surface area contributed by atoms with Crippen molar-refractivity contribution >= 4 is 40.8 Å². The third kappa shape index (κ3) is 7.66. The number of urea groups is 1. The molecule has 0 spiro atoms. The lowest BCUT2D eigenvalue weighted by Crippen LogP contribution is -2.45. The molecule has 210 valence electrons. The van der Waals surface area contributed by atoms with Gasteiger partial charge in [-0.05, 0) is 78.8 Å². The summed E-state index contributed by atoms with van der Waals surface area (Å²) in [5, 5.41) is 29.7. The van der Waals surface area contributed by atoms with Crippen molar-refractivity contribution in [2.24, 2.45) is 5.10 Å². The highest BCUT2D eigenvalue weighted by molar-refractivity contribution is 14.1. The van der Waals surface area contributed by atoms with E-state index in [4.69, 9.17) is 18.9 Å². The number of nitrogens with zero attached hydrogens (tertiary/aromatic N) is 1. The highest BCUT2D eigenvalue weighted by atomic mass is 127. The Balaban J connectivity index is 1.70. The van der Waals surface area contributed by atoms with E-state index >= 15 is 0 Å². The van der Waals surface area contributed by atoms with Crippen molar-refractivity contribution in [2.45, 2.75) is 33.0 Å². The van der Waals surface area contributed by atoms with Crippen LogP contribution in [-0.4, -0.2) is 61.6 Å². The van der Waals surface area contributed by atoms with Crippen LogP contribution in [-0.2, 0) is 9.53 Å². The molecular weight excluding hydrogens is 623 g/mol. The van der Waals surface area contributed by atoms with E-state index in [2.05, 4.69) is 21.2 Å². The van der Waals surface area contributed by atoms with Crippen LogP contribution < -0.4 is 30.3 Å². The number of nitrogens with one attached hydrogen (secondary N) is 3. The molecule has 0 fully saturated rings. The van der Waals surface area contributed by atoms with Crippen LogP contribution in [0.1, 0.15) is 37.9 Å². The quantitative estimate of drug-likeness (QED) is 0.0763. The van der Waals surface area contributed by atoms with Gasteiger partial charge in [0.2, 0.25) is 0 Å². The van der Waals surface area contributed by atoms with Crippen molar-refractivity contribution in [2.75, 3.05) is 26.9 Å². The van der Waals surface area contributed by atoms with Crippen molar-refractivity contribution in [1.29, 1.82) is 0 Å². The number of benzene rings is 2. The van der Waals surface area contributed by atoms with Gasteiger partial charge < -0.3 is 39.8 Å². The molecule has 0 aromatic heterocycles. The minimum atomic E-state index is -1.15. The van der Waals surface area contributed by atoms with Crippen LogP contribution in [0.2, 0.25) is 0 Å². The molecule has 2 aromatic rings. The number of methoxy groups -OCH3 is 1. The fourth-order valence-corrected chi connectivity index (χ4v) is 4.38. The Kier molecular flexibility index (Phi) is 10.6. The minimum Gasteiger partial charge on any atom is -0.504 e. The molecule has 2 amide bonds. The Morgan fingerprint density at radius 2 is 1.87 bits per heavy atom. The van der Waals surface area contributed by atoms with Gasteiger partial charge in [-0.3, -0.25) is 5.43 Å². The van der Waals surface area contributed by atoms with E-state index in [-0.39, 0.29) is 17.9 Å². The van der Waals surface area contributed by atoms with Crippen LogP contribution in [0.5, 0.6) is 23.0 Å². The number of carbonyl (C=O) groups excluding carboxylic acids is 2. The van der Waals surface area contributed by atoms with Crippen LogP contribution in [0.15, 0.2) is 46.7 Å². The van der Waals surface area contributed by atoms with E-state index in [0.717, 1.165) is 0 Å². The summed E-state index contributed by atoms with van der Waals surface area (Å²) in [5.41, 5.74) is 4.48. The molecule has 0 saturated carbocycles. The molecule has 0 bridgehead atoms. The third-order valence-electron chi connectivity index (χ3n) is 5.46. The van der Waals surface area contributed by atoms with Crippen molar-refractivity contribution in [1.82, 2.24) is 16.1 Å². The molecule has 39 heavy (non-hydrogen) atoms. The summed E-state index contributed by atoms with van der Waals surface area (Å²) in [6.45, 7) is 5.81. The molecule has 12 nitrogen and oxygen atoms in total. The summed E-state index contributed by atoms with van der Waals surface area (Å²) in [6.07, 6.45) is 0.327. The van der Waals surface area contributed by atoms with E-state index < -0.39 is 24.3 Å². The van der Waals surface area contributed by atoms with Gasteiger partial charge in [0.05, 0.1) is 41.7 Å². The first-order valence-corrected chi connectivity index (χ1v) is 13.1. The van der Waals surface area contributed by atoms with Gasteiger partial charge in [0.15, 0.2) is 29.2 Å². The molecule has 1 heterocycles. The summed E-state index contributed by atoms with van der Waals surface area (Å²) in [6, 6.07) is 7.12. The Hall–Kier alpha value is -3.72. The topological polar surface area (TPSA) is 160 Å². The normalized spacial score (nSPS) is 15.8. The number of phenolic OH excluding ortho intramolecular Hbond substituents is 1. The van der Waals surface area contributed by atoms with Crippen LogP contribution in [0, 0.1) is 3.57 Å². The number of ether oxygens (including phenoxy) is 4. The first kappa shape index (κ1) is 29.8. The number of hydrogen-bond acceptors (Lipinski definition) is 10. The van der Waals surface area contributed by atoms with Gasteiger partial charge in [-0.25, -0.2) is 9.59 Å². The molecule has 13 heteroatoms. The molecule has 0 aliphatic carbocycles. The zero-order chi connectivity index (χ0) is 28.5. The van der Waals surface area contributed by atoms with Gasteiger partial charge in [0, 0.05) is 5.70 Å². The first-order chi connectivity index (χ1) is 18.7. The van der Waals surface area contributed by atoms with Gasteiger partial charge in [-0.2, -0.15) is 5.10 Å². The summed E-state index contributed by atoms with van der Waals surface area (Å²) >= 11 is 1.99. The summed E-state index contributed by atoms with van der Waals surface area (Å²) < 4.78 is 22.4. The van der Waals surface area contributed by atoms with Gasteiger partial charge in [0.25, 0.3) is 0 Å². The number of amides is 2. The highest BCUT2D eigenvalue weighted by Crippen LogP contribution is 2.35. The summed E-state index contributed by atoms with van der Waals surface area (Å²) in [4.78, 5) is 24.5. The number of halogens is 1. The largest absolute Gasteiger partial charge is 0.504 e. The van der Waals surface area contributed by atoms with Gasteiger partial charge in [0.1, 0.15) is 6.61 Å². The number of aromatic hydroxyl groups is 1. The monoisotopic (exact) mass is 654 g/mol. The second kappa shape index (κ2) is 13.9. The number of allylic oxidation sites excluding steroid dienone is 1. The first-order valence-electron chi connectivity index (χ1n) is 12.1. The second-order valence-corrected chi connectivity index (χ2v) is 9.36. The van der Waals surface area contributed by atoms with Crippen molar-refractivity contribution < 1.29 is 38.7 Å². The molecular formula is C26H31IN4O8. The van der Waals surface area contributed by atoms with Crippen LogP contribution in [0.25, 0.3) is 0 Å². The molecule has 0 radical (unpaired) electrons. The molecule has 1 aliphatic heterocycles. The predicted molar refractivity (Wildman–Crippen MR) is 151 cm³/mol. The maximum atomic E-state index is 12.4. The minimum absolute atomic E-state index is 0.0577. The van der Waals surface area contributed by atoms with Crippen LogP contribution in [0.3, 0.4) is 0 Å². The fourth-order valence-electron chi connectivity index (χ4n) is 3.75. The fraction of sp³-hybridized carbons (Fsp3) is 0.346. The molecule has 0 unspecified atom stereocenters. The number of hydrogen-bond donors (Lipinski definition) is 5. The maximum absolute atomic E-state index is 12.4. The number of carbonyl (C=O) groups is 2. The lowest BCUT2D eigenvalue weighted by molar-refractivity contribution is -0.136. The van der Waals surface area contributed by atoms with Crippen LogP contribution in [0.4, 0.5) is 4.79 Å². The lowest BCUT2D eigenvalue weighted by Gasteiger charge is -2.28. The average molecular weight is 654 g/mol. The number of hydrazone groups is 1. The number of phenols is 1. The van der Waals surface area contributed by atoms with Crippen molar-refractivity contribution in [3.63, 3.8) is 0 Å². The Morgan fingerprint density at radius 1 is 1.15 bits per heavy atom. The Morgan fingerprint density at radius 3 is 2.56 bits per heavy atom. The zero-order valence-corrected chi connectivity index (χ0v) is 24.1. The maximum Gasteiger partial charge on any atom is 0.337 e. The molecule has 5 N–H and O–H groups in total. The standard InChI is InChI=1S/C26H31IN4O8/c1-5-37-19-11-16(23-22(25(34)36-4)14(3)29-26(35)30-23)7-8-18(19)39-13-21(32)31-28-12-15-9-17(27)24(33)20(10-15)38-6-2/h7-12,21,23,31-33H,5-6,13H2,1-4H3,(H2,29,30,35)/b28-12+/t21-,23+/m1/s1. The smallest absolute Gasteiger partial charge is 0.337 e. The average Bonchev–Trinajstić information content (AvgIpc) is 2.90. The third-order valence-corrected chi connectivity index (χ3v) is 6.28. The number of rotatable bonds is 12. The highest BCUT2D eigenvalue weighted by Gasteiger charge is 2.32. The Labute approximate surface area is 239 Å². The SMILES string of the molecule is CCOc1cc([C@@H]2NC(=O)NC(C)=C2C(=O)OC)ccc1OC[C@@H](O)N/N=C/c1cc(I)c(O)c(OCC)c1.